The third kappa shape index (κ3) is 3.73. The van der Waals surface area contributed by atoms with Crippen molar-refractivity contribution in [1.82, 2.24) is 0 Å². The van der Waals surface area contributed by atoms with Gasteiger partial charge in [0, 0.05) is 9.13 Å². The van der Waals surface area contributed by atoms with Crippen LogP contribution in [0, 0.1) is 10.5 Å². The molecule has 5 heteroatoms. The molecule has 0 saturated heterocycles. The van der Waals surface area contributed by atoms with E-state index in [2.05, 4.69) is 27.6 Å². The van der Waals surface area contributed by atoms with E-state index in [0.29, 0.717) is 11.5 Å². The molecule has 3 rings (SSSR count). The molecule has 0 aliphatic rings. The minimum Gasteiger partial charge on any atom is -0.478 e. The number of hydrogen-bond donors (Lipinski definition) is 1. The topological polar surface area (TPSA) is 62.8 Å². The monoisotopic (exact) mass is 431 g/mol. The van der Waals surface area contributed by atoms with Gasteiger partial charge in [-0.2, -0.15) is 0 Å². The predicted molar refractivity (Wildman–Crippen MR) is 102 cm³/mol. The normalized spacial score (nSPS) is 11.1. The number of carboxylic acid groups (broad SMARTS) is 1. The van der Waals surface area contributed by atoms with Crippen molar-refractivity contribution in [3.8, 4) is 11.3 Å². The maximum absolute atomic E-state index is 11.0. The van der Waals surface area contributed by atoms with Crippen LogP contribution in [0.15, 0.2) is 64.0 Å². The van der Waals surface area contributed by atoms with Crippen LogP contribution in [-0.2, 0) is 0 Å². The Morgan fingerprint density at radius 3 is 2.71 bits per heavy atom. The lowest BCUT2D eigenvalue weighted by Crippen LogP contribution is -1.96. The van der Waals surface area contributed by atoms with Crippen LogP contribution in [0.1, 0.15) is 21.7 Å². The second-order valence-electron chi connectivity index (χ2n) is 5.27. The maximum atomic E-state index is 11.0. The Kier molecular flexibility index (Phi) is 4.80. The zero-order chi connectivity index (χ0) is 17.1. The van der Waals surface area contributed by atoms with Crippen molar-refractivity contribution < 1.29 is 14.3 Å². The summed E-state index contributed by atoms with van der Waals surface area (Å²) in [4.78, 5) is 15.4. The van der Waals surface area contributed by atoms with Crippen LogP contribution in [0.25, 0.3) is 11.3 Å². The lowest BCUT2D eigenvalue weighted by molar-refractivity contribution is 0.0697. The van der Waals surface area contributed by atoms with Gasteiger partial charge in [-0.05, 0) is 77.5 Å². The van der Waals surface area contributed by atoms with Gasteiger partial charge in [-0.3, -0.25) is 4.99 Å². The summed E-state index contributed by atoms with van der Waals surface area (Å²) in [6, 6.07) is 16.6. The zero-order valence-electron chi connectivity index (χ0n) is 12.9. The van der Waals surface area contributed by atoms with Crippen molar-refractivity contribution in [2.75, 3.05) is 0 Å². The Labute approximate surface area is 153 Å². The van der Waals surface area contributed by atoms with E-state index in [4.69, 9.17) is 9.52 Å². The quantitative estimate of drug-likeness (QED) is 0.450. The van der Waals surface area contributed by atoms with Crippen molar-refractivity contribution in [2.24, 2.45) is 4.99 Å². The van der Waals surface area contributed by atoms with E-state index in [1.54, 1.807) is 24.4 Å². The number of aromatic carboxylic acids is 1. The highest BCUT2D eigenvalue weighted by Gasteiger charge is 2.10. The molecule has 0 unspecified atom stereocenters. The summed E-state index contributed by atoms with van der Waals surface area (Å²) in [5, 5.41) is 9.03. The summed E-state index contributed by atoms with van der Waals surface area (Å²) in [5.41, 5.74) is 2.85. The smallest absolute Gasteiger partial charge is 0.335 e. The number of benzene rings is 2. The molecule has 2 aromatic carbocycles. The summed E-state index contributed by atoms with van der Waals surface area (Å²) in [5.74, 6) is 0.397. The van der Waals surface area contributed by atoms with Crippen LogP contribution in [0.3, 0.4) is 0 Å². The number of hydrogen-bond acceptors (Lipinski definition) is 3. The Morgan fingerprint density at radius 1 is 1.17 bits per heavy atom. The average Bonchev–Trinajstić information content (AvgIpc) is 3.01. The van der Waals surface area contributed by atoms with Gasteiger partial charge in [-0.1, -0.05) is 12.1 Å². The minimum atomic E-state index is -0.936. The zero-order valence-corrected chi connectivity index (χ0v) is 15.0. The van der Waals surface area contributed by atoms with Gasteiger partial charge in [0.25, 0.3) is 0 Å². The van der Waals surface area contributed by atoms with E-state index in [1.165, 1.54) is 0 Å². The van der Waals surface area contributed by atoms with Gasteiger partial charge in [-0.25, -0.2) is 4.79 Å². The largest absolute Gasteiger partial charge is 0.478 e. The van der Waals surface area contributed by atoms with Gasteiger partial charge in [0.2, 0.25) is 0 Å². The summed E-state index contributed by atoms with van der Waals surface area (Å²) in [6.07, 6.45) is 1.68. The first-order chi connectivity index (χ1) is 11.5. The number of rotatable bonds is 4. The van der Waals surface area contributed by atoms with Crippen molar-refractivity contribution in [2.45, 2.75) is 6.92 Å². The number of aryl methyl sites for hydroxylation is 1. The molecule has 24 heavy (non-hydrogen) atoms. The van der Waals surface area contributed by atoms with Crippen molar-refractivity contribution >= 4 is 40.5 Å². The van der Waals surface area contributed by atoms with Crippen LogP contribution in [0.2, 0.25) is 0 Å². The van der Waals surface area contributed by atoms with Crippen LogP contribution in [0.5, 0.6) is 0 Å². The van der Waals surface area contributed by atoms with Gasteiger partial charge in [0.15, 0.2) is 0 Å². The molecular weight excluding hydrogens is 417 g/mol. The molecule has 3 aromatic rings. The first kappa shape index (κ1) is 16.4. The summed E-state index contributed by atoms with van der Waals surface area (Å²) < 4.78 is 6.93. The Balaban J connectivity index is 1.84. The molecule has 0 radical (unpaired) electrons. The fourth-order valence-corrected chi connectivity index (χ4v) is 2.86. The van der Waals surface area contributed by atoms with E-state index >= 15 is 0 Å². The van der Waals surface area contributed by atoms with Crippen molar-refractivity contribution in [1.29, 1.82) is 0 Å². The van der Waals surface area contributed by atoms with Gasteiger partial charge in [-0.15, -0.1) is 0 Å². The molecule has 1 N–H and O–H groups in total. The lowest BCUT2D eigenvalue weighted by Gasteiger charge is -2.03. The number of carboxylic acids is 1. The first-order valence-corrected chi connectivity index (χ1v) is 8.34. The molecule has 0 saturated carbocycles. The molecular formula is C19H14INO3. The highest BCUT2D eigenvalue weighted by Crippen LogP contribution is 2.26. The molecule has 120 valence electrons. The molecule has 0 bridgehead atoms. The molecule has 4 nitrogen and oxygen atoms in total. The van der Waals surface area contributed by atoms with Gasteiger partial charge >= 0.3 is 5.97 Å². The molecule has 0 amide bonds. The summed E-state index contributed by atoms with van der Waals surface area (Å²) >= 11 is 2.24. The fraction of sp³-hybridized carbons (Fsp3) is 0.0526. The molecule has 0 spiro atoms. The van der Waals surface area contributed by atoms with Crippen molar-refractivity contribution in [3.05, 3.63) is 75.1 Å². The Bertz CT molecular complexity index is 928. The van der Waals surface area contributed by atoms with Gasteiger partial charge < -0.3 is 9.52 Å². The molecule has 0 fully saturated rings. The first-order valence-electron chi connectivity index (χ1n) is 7.27. The van der Waals surface area contributed by atoms with E-state index < -0.39 is 5.97 Å². The second kappa shape index (κ2) is 7.00. The molecule has 1 aromatic heterocycles. The van der Waals surface area contributed by atoms with Gasteiger partial charge in [0.1, 0.15) is 11.5 Å². The molecule has 1 heterocycles. The third-order valence-electron chi connectivity index (χ3n) is 3.51. The van der Waals surface area contributed by atoms with Crippen LogP contribution in [0.4, 0.5) is 5.69 Å². The number of halogens is 1. The molecule has 0 aliphatic carbocycles. The number of aliphatic imine (C=N–C) groups is 1. The number of furan rings is 1. The summed E-state index contributed by atoms with van der Waals surface area (Å²) in [6.45, 7) is 1.87. The van der Waals surface area contributed by atoms with Gasteiger partial charge in [0.05, 0.1) is 17.5 Å². The number of carbonyl (C=O) groups is 1. The van der Waals surface area contributed by atoms with Crippen LogP contribution in [-0.4, -0.2) is 17.3 Å². The van der Waals surface area contributed by atoms with Crippen LogP contribution >= 0.6 is 22.6 Å². The van der Waals surface area contributed by atoms with E-state index in [1.807, 2.05) is 43.3 Å². The lowest BCUT2D eigenvalue weighted by atomic mass is 10.0. The fourth-order valence-electron chi connectivity index (χ4n) is 2.33. The van der Waals surface area contributed by atoms with E-state index in [9.17, 15) is 4.79 Å². The molecule has 0 aliphatic heterocycles. The average molecular weight is 431 g/mol. The summed E-state index contributed by atoms with van der Waals surface area (Å²) in [7, 11) is 0. The van der Waals surface area contributed by atoms with Crippen molar-refractivity contribution in [3.63, 3.8) is 0 Å². The molecule has 0 atom stereocenters. The standard InChI is InChI=1S/C19H14INO3/c1-12-9-13(19(22)23)5-7-17(12)18-8-6-16(24-18)11-21-15-4-2-3-14(20)10-15/h2-11H,1H3,(H,22,23). The Morgan fingerprint density at radius 2 is 2.00 bits per heavy atom. The predicted octanol–water partition coefficient (Wildman–Crippen LogP) is 5.31. The number of nitrogens with zero attached hydrogens (tertiary/aromatic N) is 1. The minimum absolute atomic E-state index is 0.267. The SMILES string of the molecule is Cc1cc(C(=O)O)ccc1-c1ccc(C=Nc2cccc(I)c2)o1. The van der Waals surface area contributed by atoms with E-state index in [-0.39, 0.29) is 5.56 Å². The second-order valence-corrected chi connectivity index (χ2v) is 6.52. The highest BCUT2D eigenvalue weighted by atomic mass is 127. The maximum Gasteiger partial charge on any atom is 0.335 e. The Hall–Kier alpha value is -2.41. The van der Waals surface area contributed by atoms with E-state index in [0.717, 1.165) is 20.4 Å². The third-order valence-corrected chi connectivity index (χ3v) is 4.19. The highest BCUT2D eigenvalue weighted by molar-refractivity contribution is 14.1. The van der Waals surface area contributed by atoms with Crippen LogP contribution < -0.4 is 0 Å².